The molecule has 0 aliphatic heterocycles. The van der Waals surface area contributed by atoms with Crippen molar-refractivity contribution in [1.29, 1.82) is 0 Å². The third-order valence-corrected chi connectivity index (χ3v) is 0. The third kappa shape index (κ3) is 190. The van der Waals surface area contributed by atoms with Gasteiger partial charge < -0.3 is 9.11 Å². The molecule has 0 amide bonds. The maximum Gasteiger partial charge on any atom is 1.00 e. The molecule has 0 aliphatic carbocycles. The summed E-state index contributed by atoms with van der Waals surface area (Å²) in [4.78, 5) is 0. The molecule has 0 saturated carbocycles. The molecule has 0 bridgehead atoms. The Bertz CT molecular complexity index is 161. The first kappa shape index (κ1) is 23.5. The minimum atomic E-state index is -4.33. The second kappa shape index (κ2) is 12.8. The first-order valence-electron chi connectivity index (χ1n) is 1.20. The van der Waals surface area contributed by atoms with Gasteiger partial charge in [-0.25, -0.2) is 0 Å². The predicted molar refractivity (Wildman–Crippen MR) is 27.9 cm³/mol. The molecule has 0 spiro atoms. The smallest absolute Gasteiger partial charge is 1.00 e. The molecule has 0 aromatic rings. The molecule has 11 heteroatoms. The second-order valence-electron chi connectivity index (χ2n) is 0.639. The fraction of sp³-hybridized carbons (Fsp3) is 0. The van der Waals surface area contributed by atoms with E-state index in [9.17, 15) is 0 Å². The second-order valence-corrected chi connectivity index (χ2v) is 4.00. The van der Waals surface area contributed by atoms with Gasteiger partial charge in [0.1, 0.15) is 0 Å². The van der Waals surface area contributed by atoms with Gasteiger partial charge in [0, 0.05) is 0 Å². The minimum absolute atomic E-state index is 0. The molecule has 0 aliphatic rings. The Morgan fingerprint density at radius 1 is 1.27 bits per heavy atom. The van der Waals surface area contributed by atoms with Crippen LogP contribution in [0.4, 0.5) is 0 Å². The van der Waals surface area contributed by atoms with E-state index in [1.807, 2.05) is 0 Å². The quantitative estimate of drug-likeness (QED) is 0.422. The fourth-order valence-corrected chi connectivity index (χ4v) is 0. The van der Waals surface area contributed by atoms with Gasteiger partial charge in [-0.1, -0.05) is 0 Å². The van der Waals surface area contributed by atoms with Crippen LogP contribution in [0.3, 0.4) is 0 Å². The molecule has 0 aromatic carbocycles. The van der Waals surface area contributed by atoms with Gasteiger partial charge in [-0.15, -0.1) is 9.05 Å². The summed E-state index contributed by atoms with van der Waals surface area (Å²) in [7, 11) is -4.33. The Morgan fingerprint density at radius 3 is 1.27 bits per heavy atom. The molecule has 0 atom stereocenters. The van der Waals surface area contributed by atoms with E-state index in [0.717, 1.165) is 0 Å². The number of hydrogen-bond acceptors (Lipinski definition) is 5. The largest absolute Gasteiger partial charge is 1.00 e. The van der Waals surface area contributed by atoms with Crippen molar-refractivity contribution in [2.24, 2.45) is 0 Å². The molecule has 0 fully saturated rings. The standard InChI is InChI=1S/2Na.H2O3S2.H2O3Te/c;;1-5(2,3)4;1-4(2)3/h;;(H2,1,2,3,4);(H2,1,2,3)/q2*+1;;/p-2. The van der Waals surface area contributed by atoms with Crippen LogP contribution in [0.5, 0.6) is 0 Å². The summed E-state index contributed by atoms with van der Waals surface area (Å²) >= 11 is -0.364. The van der Waals surface area contributed by atoms with Crippen LogP contribution in [0, 0.1) is 0 Å². The fourth-order valence-electron chi connectivity index (χ4n) is 0. The normalized spacial score (nSPS) is 8.45. The summed E-state index contributed by atoms with van der Waals surface area (Å²) in [5.41, 5.74) is 0. The van der Waals surface area contributed by atoms with E-state index in [1.165, 1.54) is 0 Å². The Hall–Kier alpha value is 2.80. The average Bonchev–Trinajstić information content (AvgIpc) is 1.19. The SMILES string of the molecule is O=S([O-])([O-])=S.O=[Te](O)O.[Na+].[Na+]. The van der Waals surface area contributed by atoms with Crippen molar-refractivity contribution in [3.05, 3.63) is 0 Å². The zero-order valence-corrected chi connectivity index (χ0v) is 13.7. The third-order valence-electron chi connectivity index (χ3n) is 0. The molecule has 0 aromatic heterocycles. The Kier molecular flexibility index (Phi) is 27.4. The van der Waals surface area contributed by atoms with Crippen LogP contribution in [0.1, 0.15) is 0 Å². The molecule has 0 radical (unpaired) electrons. The van der Waals surface area contributed by atoms with Gasteiger partial charge in [0.2, 0.25) is 0 Å². The Labute approximate surface area is 121 Å². The van der Waals surface area contributed by atoms with Crippen molar-refractivity contribution >= 4 is 40.6 Å². The molecular formula is H2Na2O6S2Te. The van der Waals surface area contributed by atoms with Crippen molar-refractivity contribution < 1.29 is 82.5 Å². The minimum Gasteiger partial charge on any atom is 1.00 e. The van der Waals surface area contributed by atoms with Crippen molar-refractivity contribution in [3.8, 4) is 0 Å². The summed E-state index contributed by atoms with van der Waals surface area (Å²) in [6.07, 6.45) is 0. The van der Waals surface area contributed by atoms with E-state index >= 15 is 0 Å². The van der Waals surface area contributed by atoms with Crippen molar-refractivity contribution in [3.63, 3.8) is 0 Å². The van der Waals surface area contributed by atoms with E-state index in [1.54, 1.807) is 0 Å². The molecule has 0 rings (SSSR count). The molecule has 0 heterocycles. The first-order chi connectivity index (χ1) is 3.73. The summed E-state index contributed by atoms with van der Waals surface area (Å²) in [6.45, 7) is 0. The van der Waals surface area contributed by atoms with Gasteiger partial charge in [-0.05, 0) is 11.2 Å². The maximum absolute atomic E-state index is 8.89. The summed E-state index contributed by atoms with van der Waals surface area (Å²) < 4.78 is 49.9. The van der Waals surface area contributed by atoms with Gasteiger partial charge in [-0.3, -0.25) is 4.21 Å². The molecule has 0 unspecified atom stereocenters. The van der Waals surface area contributed by atoms with Crippen LogP contribution < -0.4 is 59.1 Å². The summed E-state index contributed by atoms with van der Waals surface area (Å²) in [5, 5.41) is 0. The van der Waals surface area contributed by atoms with Crippen LogP contribution in [-0.2, 0) is 23.3 Å². The van der Waals surface area contributed by atoms with Gasteiger partial charge in [0.05, 0.1) is 0 Å². The van der Waals surface area contributed by atoms with Crippen LogP contribution in [0.25, 0.3) is 0 Å². The van der Waals surface area contributed by atoms with Gasteiger partial charge in [-0.2, -0.15) is 0 Å². The predicted octanol–water partition coefficient (Wildman–Crippen LogP) is -8.61. The van der Waals surface area contributed by atoms with E-state index in [4.69, 9.17) is 23.4 Å². The van der Waals surface area contributed by atoms with Crippen molar-refractivity contribution in [2.75, 3.05) is 0 Å². The van der Waals surface area contributed by atoms with Gasteiger partial charge in [0.25, 0.3) is 0 Å². The summed E-state index contributed by atoms with van der Waals surface area (Å²) in [5.74, 6) is 0. The monoisotopic (exact) mass is 338 g/mol. The van der Waals surface area contributed by atoms with Crippen LogP contribution in [0.15, 0.2) is 0 Å². The molecule has 0 saturated heterocycles. The topological polar surface area (TPSA) is 121 Å². The Morgan fingerprint density at radius 2 is 1.27 bits per heavy atom. The Balaban J connectivity index is -0.0000000383. The van der Waals surface area contributed by atoms with E-state index in [0.29, 0.717) is 0 Å². The zero-order valence-electron chi connectivity index (χ0n) is 5.75. The first-order valence-corrected chi connectivity index (χ1v) is 6.57. The van der Waals surface area contributed by atoms with Crippen molar-refractivity contribution in [2.45, 2.75) is 0 Å². The number of hydrogen-bond donors (Lipinski definition) is 2. The maximum atomic E-state index is 8.89. The summed E-state index contributed by atoms with van der Waals surface area (Å²) in [6, 6.07) is 0. The van der Waals surface area contributed by atoms with Crippen LogP contribution >= 0.6 is 0 Å². The van der Waals surface area contributed by atoms with E-state index in [2.05, 4.69) is 11.2 Å². The van der Waals surface area contributed by atoms with Crippen LogP contribution in [0.2, 0.25) is 0 Å². The number of rotatable bonds is 0. The molecule has 6 nitrogen and oxygen atoms in total. The molecule has 2 N–H and O–H groups in total. The average molecular weight is 336 g/mol. The molecule has 11 heavy (non-hydrogen) atoms. The van der Waals surface area contributed by atoms with E-state index in [-0.39, 0.29) is 59.1 Å². The zero-order chi connectivity index (χ0) is 8.08. The van der Waals surface area contributed by atoms with Crippen molar-refractivity contribution in [1.82, 2.24) is 0 Å². The van der Waals surface area contributed by atoms with Gasteiger partial charge in [0.15, 0.2) is 0 Å². The van der Waals surface area contributed by atoms with Crippen LogP contribution in [-0.4, -0.2) is 40.6 Å². The van der Waals surface area contributed by atoms with Gasteiger partial charge >= 0.3 is 89.5 Å². The molecule has 58 valence electrons. The molecular weight excluding hydrogens is 334 g/mol. The van der Waals surface area contributed by atoms with E-state index < -0.39 is 29.4 Å².